The predicted molar refractivity (Wildman–Crippen MR) is 78.6 cm³/mol. The molecule has 0 fully saturated rings. The summed E-state index contributed by atoms with van der Waals surface area (Å²) < 4.78 is 0. The number of halogens is 2. The first kappa shape index (κ1) is 14.3. The van der Waals surface area contributed by atoms with Gasteiger partial charge in [0.1, 0.15) is 0 Å². The Morgan fingerprint density at radius 1 is 1.16 bits per heavy atom. The van der Waals surface area contributed by atoms with E-state index in [9.17, 15) is 0 Å². The van der Waals surface area contributed by atoms with Crippen LogP contribution in [0.25, 0.3) is 0 Å². The summed E-state index contributed by atoms with van der Waals surface area (Å²) in [5.41, 5.74) is 9.78. The molecule has 2 rings (SSSR count). The second-order valence-electron chi connectivity index (χ2n) is 4.54. The minimum Gasteiger partial charge on any atom is -0.324 e. The van der Waals surface area contributed by atoms with Crippen molar-refractivity contribution in [2.24, 2.45) is 5.73 Å². The van der Waals surface area contributed by atoms with Gasteiger partial charge in [-0.05, 0) is 49.6 Å². The van der Waals surface area contributed by atoms with Crippen molar-refractivity contribution >= 4 is 23.2 Å². The smallest absolute Gasteiger partial charge is 0.0648 e. The zero-order valence-electron chi connectivity index (χ0n) is 10.8. The van der Waals surface area contributed by atoms with E-state index in [0.717, 1.165) is 22.5 Å². The Bertz CT molecular complexity index is 579. The van der Waals surface area contributed by atoms with Gasteiger partial charge < -0.3 is 5.73 Å². The summed E-state index contributed by atoms with van der Waals surface area (Å²) in [6, 6.07) is 7.21. The van der Waals surface area contributed by atoms with Crippen LogP contribution in [-0.4, -0.2) is 10.2 Å². The van der Waals surface area contributed by atoms with E-state index in [1.54, 1.807) is 0 Å². The van der Waals surface area contributed by atoms with Crippen molar-refractivity contribution in [1.82, 2.24) is 10.2 Å². The molecule has 1 aromatic carbocycles. The van der Waals surface area contributed by atoms with E-state index in [1.807, 2.05) is 38.1 Å². The average molecular weight is 296 g/mol. The van der Waals surface area contributed by atoms with Gasteiger partial charge >= 0.3 is 0 Å². The molecule has 1 heterocycles. The van der Waals surface area contributed by atoms with E-state index in [0.29, 0.717) is 16.5 Å². The molecule has 0 aliphatic rings. The zero-order valence-corrected chi connectivity index (χ0v) is 12.3. The molecule has 5 heteroatoms. The molecule has 0 amide bonds. The van der Waals surface area contributed by atoms with Crippen molar-refractivity contribution in [3.63, 3.8) is 0 Å². The topological polar surface area (TPSA) is 51.8 Å². The van der Waals surface area contributed by atoms with Gasteiger partial charge in [-0.15, -0.1) is 0 Å². The number of nitrogens with two attached hydrogens (primary N) is 1. The first-order valence-electron chi connectivity index (χ1n) is 5.98. The molecule has 0 bridgehead atoms. The van der Waals surface area contributed by atoms with Crippen LogP contribution in [0, 0.1) is 13.8 Å². The highest BCUT2D eigenvalue weighted by atomic mass is 35.5. The molecule has 0 spiro atoms. The van der Waals surface area contributed by atoms with Crippen LogP contribution in [0.1, 0.15) is 28.6 Å². The minimum atomic E-state index is -0.202. The lowest BCUT2D eigenvalue weighted by Crippen LogP contribution is -2.16. The van der Waals surface area contributed by atoms with Gasteiger partial charge in [-0.2, -0.15) is 10.2 Å². The van der Waals surface area contributed by atoms with Gasteiger partial charge in [-0.3, -0.25) is 0 Å². The van der Waals surface area contributed by atoms with Crippen molar-refractivity contribution in [3.05, 3.63) is 56.8 Å². The predicted octanol–water partition coefficient (Wildman–Crippen LogP) is 3.64. The van der Waals surface area contributed by atoms with Crippen LogP contribution >= 0.6 is 23.2 Å². The van der Waals surface area contributed by atoms with Crippen LogP contribution in [0.2, 0.25) is 10.0 Å². The fourth-order valence-corrected chi connectivity index (χ4v) is 2.55. The summed E-state index contributed by atoms with van der Waals surface area (Å²) in [6.07, 6.45) is 0.574. The molecule has 0 radical (unpaired) electrons. The van der Waals surface area contributed by atoms with E-state index >= 15 is 0 Å². The van der Waals surface area contributed by atoms with Crippen molar-refractivity contribution in [2.75, 3.05) is 0 Å². The highest BCUT2D eigenvalue weighted by molar-refractivity contribution is 6.36. The van der Waals surface area contributed by atoms with Crippen LogP contribution < -0.4 is 5.73 Å². The molecule has 100 valence electrons. The van der Waals surface area contributed by atoms with E-state index in [1.165, 1.54) is 0 Å². The quantitative estimate of drug-likeness (QED) is 0.940. The monoisotopic (exact) mass is 295 g/mol. The Balaban J connectivity index is 2.31. The summed E-state index contributed by atoms with van der Waals surface area (Å²) in [5, 5.41) is 9.37. The second kappa shape index (κ2) is 5.87. The number of rotatable bonds is 3. The summed E-state index contributed by atoms with van der Waals surface area (Å²) in [5.74, 6) is 0. The molecule has 1 aromatic heterocycles. The van der Waals surface area contributed by atoms with Crippen LogP contribution in [0.5, 0.6) is 0 Å². The third-order valence-electron chi connectivity index (χ3n) is 3.03. The van der Waals surface area contributed by atoms with Crippen LogP contribution in [0.3, 0.4) is 0 Å². The molecule has 0 saturated heterocycles. The van der Waals surface area contributed by atoms with E-state index in [4.69, 9.17) is 28.9 Å². The van der Waals surface area contributed by atoms with Crippen LogP contribution in [0.4, 0.5) is 0 Å². The van der Waals surface area contributed by atoms with Crippen molar-refractivity contribution in [1.29, 1.82) is 0 Å². The molecular formula is C14H15Cl2N3. The number of nitrogens with zero attached hydrogens (tertiary/aromatic N) is 2. The lowest BCUT2D eigenvalue weighted by Gasteiger charge is -2.16. The summed E-state index contributed by atoms with van der Waals surface area (Å²) in [4.78, 5) is 0. The van der Waals surface area contributed by atoms with Gasteiger partial charge in [0.25, 0.3) is 0 Å². The van der Waals surface area contributed by atoms with Crippen LogP contribution in [-0.2, 0) is 6.42 Å². The van der Waals surface area contributed by atoms with Crippen molar-refractivity contribution in [3.8, 4) is 0 Å². The zero-order chi connectivity index (χ0) is 14.0. The Kier molecular flexibility index (Phi) is 4.40. The maximum Gasteiger partial charge on any atom is 0.0648 e. The first-order chi connectivity index (χ1) is 8.99. The van der Waals surface area contributed by atoms with Gasteiger partial charge in [-0.25, -0.2) is 0 Å². The summed E-state index contributed by atoms with van der Waals surface area (Å²) in [7, 11) is 0. The van der Waals surface area contributed by atoms with Crippen molar-refractivity contribution in [2.45, 2.75) is 26.3 Å². The Morgan fingerprint density at radius 2 is 1.79 bits per heavy atom. The molecule has 19 heavy (non-hydrogen) atoms. The lowest BCUT2D eigenvalue weighted by atomic mass is 9.98. The first-order valence-corrected chi connectivity index (χ1v) is 6.74. The molecule has 0 aliphatic heterocycles. The van der Waals surface area contributed by atoms with Gasteiger partial charge in [-0.1, -0.05) is 29.3 Å². The summed E-state index contributed by atoms with van der Waals surface area (Å²) in [6.45, 7) is 3.79. The number of benzene rings is 1. The maximum atomic E-state index is 6.25. The largest absolute Gasteiger partial charge is 0.324 e. The maximum absolute atomic E-state index is 6.25. The molecule has 3 nitrogen and oxygen atoms in total. The number of hydrogen-bond donors (Lipinski definition) is 1. The van der Waals surface area contributed by atoms with E-state index < -0.39 is 0 Å². The Hall–Kier alpha value is -1.16. The third kappa shape index (κ3) is 3.24. The fraction of sp³-hybridized carbons (Fsp3) is 0.286. The normalized spacial score (nSPS) is 12.5. The molecule has 2 N–H and O–H groups in total. The van der Waals surface area contributed by atoms with E-state index in [-0.39, 0.29) is 6.04 Å². The molecule has 0 saturated carbocycles. The summed E-state index contributed by atoms with van der Waals surface area (Å²) >= 11 is 12.3. The lowest BCUT2D eigenvalue weighted by molar-refractivity contribution is 0.700. The second-order valence-corrected chi connectivity index (χ2v) is 5.35. The minimum absolute atomic E-state index is 0.202. The molecule has 2 aromatic rings. The molecular weight excluding hydrogens is 281 g/mol. The van der Waals surface area contributed by atoms with Crippen LogP contribution in [0.15, 0.2) is 24.3 Å². The third-order valence-corrected chi connectivity index (χ3v) is 3.73. The highest BCUT2D eigenvalue weighted by Crippen LogP contribution is 2.29. The average Bonchev–Trinajstić information content (AvgIpc) is 2.37. The Morgan fingerprint density at radius 3 is 2.42 bits per heavy atom. The SMILES string of the molecule is Cc1cc(C(N)Cc2c(Cl)cccc2Cl)c(C)nn1. The molecule has 1 atom stereocenters. The fourth-order valence-electron chi connectivity index (χ4n) is 2.00. The highest BCUT2D eigenvalue weighted by Gasteiger charge is 2.15. The molecule has 1 unspecified atom stereocenters. The van der Waals surface area contributed by atoms with Gasteiger partial charge in [0.2, 0.25) is 0 Å². The van der Waals surface area contributed by atoms with Gasteiger partial charge in [0, 0.05) is 16.1 Å². The van der Waals surface area contributed by atoms with Gasteiger partial charge in [0.15, 0.2) is 0 Å². The standard InChI is InChI=1S/C14H15Cl2N3/c1-8-6-10(9(2)19-18-8)14(17)7-11-12(15)4-3-5-13(11)16/h3-6,14H,7,17H2,1-2H3. The molecule has 0 aliphatic carbocycles. The number of aryl methyl sites for hydroxylation is 2. The number of hydrogen-bond acceptors (Lipinski definition) is 3. The Labute approximate surface area is 122 Å². The van der Waals surface area contributed by atoms with Crippen molar-refractivity contribution < 1.29 is 0 Å². The van der Waals surface area contributed by atoms with E-state index in [2.05, 4.69) is 10.2 Å². The van der Waals surface area contributed by atoms with Gasteiger partial charge in [0.05, 0.1) is 11.4 Å². The number of aromatic nitrogens is 2.